The molecule has 1 saturated heterocycles. The van der Waals surface area contributed by atoms with Gasteiger partial charge in [0.25, 0.3) is 5.91 Å². The Morgan fingerprint density at radius 2 is 1.88 bits per heavy atom. The van der Waals surface area contributed by atoms with Crippen molar-refractivity contribution in [1.82, 2.24) is 19.8 Å². The molecule has 2 aromatic rings. The van der Waals surface area contributed by atoms with Crippen molar-refractivity contribution in [2.45, 2.75) is 0 Å². The Morgan fingerprint density at radius 3 is 2.56 bits per heavy atom. The van der Waals surface area contributed by atoms with E-state index in [0.717, 1.165) is 37.4 Å². The van der Waals surface area contributed by atoms with E-state index < -0.39 is 0 Å². The maximum absolute atomic E-state index is 12.6. The van der Waals surface area contributed by atoms with Crippen LogP contribution < -0.4 is 5.32 Å². The lowest BCUT2D eigenvalue weighted by atomic mass is 10.1. The number of hydrogen-bond donors (Lipinski definition) is 2. The highest BCUT2D eigenvalue weighted by Gasteiger charge is 2.20. The molecule has 3 rings (SSSR count). The monoisotopic (exact) mass is 341 g/mol. The number of aromatic nitrogens is 2. The lowest BCUT2D eigenvalue weighted by Crippen LogP contribution is -2.47. The van der Waals surface area contributed by atoms with Crippen LogP contribution >= 0.6 is 0 Å². The van der Waals surface area contributed by atoms with Gasteiger partial charge < -0.3 is 20.2 Å². The van der Waals surface area contributed by atoms with Crippen molar-refractivity contribution >= 4 is 11.7 Å². The molecule has 2 N–H and O–H groups in total. The van der Waals surface area contributed by atoms with Crippen molar-refractivity contribution < 1.29 is 9.90 Å². The van der Waals surface area contributed by atoms with Crippen LogP contribution in [0.5, 0.6) is 0 Å². The van der Waals surface area contributed by atoms with Gasteiger partial charge in [0.05, 0.1) is 12.3 Å². The first kappa shape index (κ1) is 17.3. The number of carbonyl (C=O) groups excluding carboxylic acids is 1. The zero-order chi connectivity index (χ0) is 17.6. The molecule has 1 aliphatic rings. The third-order valence-electron chi connectivity index (χ3n) is 4.30. The molecular weight excluding hydrogens is 318 g/mol. The molecule has 0 aliphatic carbocycles. The molecule has 1 fully saturated rings. The van der Waals surface area contributed by atoms with Gasteiger partial charge in [-0.25, -0.2) is 9.97 Å². The zero-order valence-corrected chi connectivity index (χ0v) is 14.4. The molecule has 0 radical (unpaired) electrons. The van der Waals surface area contributed by atoms with Gasteiger partial charge in [-0.1, -0.05) is 12.1 Å². The number of carbonyl (C=O) groups is 1. The minimum atomic E-state index is 0.0441. The van der Waals surface area contributed by atoms with E-state index in [1.165, 1.54) is 6.33 Å². The van der Waals surface area contributed by atoms with Crippen LogP contribution in [0.4, 0.5) is 5.82 Å². The third kappa shape index (κ3) is 4.32. The summed E-state index contributed by atoms with van der Waals surface area (Å²) in [5, 5.41) is 11.9. The van der Waals surface area contributed by atoms with E-state index in [1.807, 2.05) is 35.2 Å². The summed E-state index contributed by atoms with van der Waals surface area (Å²) in [6.45, 7) is 3.84. The second kappa shape index (κ2) is 8.04. The highest BCUT2D eigenvalue weighted by molar-refractivity contribution is 5.94. The number of piperazine rings is 1. The number of nitrogens with one attached hydrogen (secondary N) is 1. The van der Waals surface area contributed by atoms with Crippen LogP contribution in [0.25, 0.3) is 11.3 Å². The van der Waals surface area contributed by atoms with Crippen LogP contribution in [0.3, 0.4) is 0 Å². The van der Waals surface area contributed by atoms with Gasteiger partial charge in [-0.3, -0.25) is 4.79 Å². The number of benzene rings is 1. The number of amides is 1. The number of hydrogen-bond acceptors (Lipinski definition) is 6. The van der Waals surface area contributed by atoms with Crippen LogP contribution in [0.1, 0.15) is 10.4 Å². The lowest BCUT2D eigenvalue weighted by molar-refractivity contribution is 0.0664. The van der Waals surface area contributed by atoms with Crippen molar-refractivity contribution in [1.29, 1.82) is 0 Å². The predicted molar refractivity (Wildman–Crippen MR) is 96.4 cm³/mol. The Labute approximate surface area is 147 Å². The first-order chi connectivity index (χ1) is 12.2. The molecular formula is C18H23N5O2. The van der Waals surface area contributed by atoms with Crippen molar-refractivity contribution in [3.8, 4) is 11.3 Å². The first-order valence-electron chi connectivity index (χ1n) is 8.42. The molecule has 1 aromatic carbocycles. The van der Waals surface area contributed by atoms with E-state index in [4.69, 9.17) is 5.11 Å². The fraction of sp³-hybridized carbons (Fsp3) is 0.389. The summed E-state index contributed by atoms with van der Waals surface area (Å²) < 4.78 is 0. The van der Waals surface area contributed by atoms with Crippen LogP contribution in [-0.2, 0) is 0 Å². The van der Waals surface area contributed by atoms with E-state index in [1.54, 1.807) is 0 Å². The maximum Gasteiger partial charge on any atom is 0.253 e. The van der Waals surface area contributed by atoms with Gasteiger partial charge in [0.1, 0.15) is 12.1 Å². The molecule has 0 saturated carbocycles. The summed E-state index contributed by atoms with van der Waals surface area (Å²) in [6, 6.07) is 9.33. The highest BCUT2D eigenvalue weighted by Crippen LogP contribution is 2.20. The van der Waals surface area contributed by atoms with Crippen molar-refractivity contribution in [2.75, 3.05) is 51.7 Å². The van der Waals surface area contributed by atoms with Gasteiger partial charge in [0, 0.05) is 49.9 Å². The highest BCUT2D eigenvalue weighted by atomic mass is 16.3. The number of anilines is 1. The number of aliphatic hydroxyl groups is 1. The summed E-state index contributed by atoms with van der Waals surface area (Å²) >= 11 is 0. The van der Waals surface area contributed by atoms with Gasteiger partial charge in [0.15, 0.2) is 0 Å². The summed E-state index contributed by atoms with van der Waals surface area (Å²) in [7, 11) is 2.07. The van der Waals surface area contributed by atoms with Crippen LogP contribution in [0.15, 0.2) is 36.7 Å². The Balaban J connectivity index is 1.70. The standard InChI is InChI=1S/C18H23N5O2/c1-22-7-9-23(10-8-22)18(25)15-4-2-14(3-5-15)16-12-17(19-6-11-24)21-13-20-16/h2-5,12-13,24H,6-11H2,1H3,(H,19,20,21). The predicted octanol–water partition coefficient (Wildman–Crippen LogP) is 0.935. The zero-order valence-electron chi connectivity index (χ0n) is 14.4. The van der Waals surface area contributed by atoms with Crippen molar-refractivity contribution in [2.24, 2.45) is 0 Å². The van der Waals surface area contributed by atoms with E-state index >= 15 is 0 Å². The average molecular weight is 341 g/mol. The molecule has 7 heteroatoms. The van der Waals surface area contributed by atoms with Gasteiger partial charge in [-0.05, 0) is 19.2 Å². The molecule has 0 atom stereocenters. The van der Waals surface area contributed by atoms with Crippen LogP contribution in [0.2, 0.25) is 0 Å². The molecule has 1 aromatic heterocycles. The van der Waals surface area contributed by atoms with E-state index in [0.29, 0.717) is 17.9 Å². The number of likely N-dealkylation sites (N-methyl/N-ethyl adjacent to an activating group) is 1. The molecule has 0 bridgehead atoms. The molecule has 1 aliphatic heterocycles. The van der Waals surface area contributed by atoms with Crippen molar-refractivity contribution in [3.05, 3.63) is 42.2 Å². The molecule has 25 heavy (non-hydrogen) atoms. The molecule has 0 spiro atoms. The van der Waals surface area contributed by atoms with Crippen LogP contribution in [-0.4, -0.2) is 77.2 Å². The summed E-state index contributed by atoms with van der Waals surface area (Å²) in [6.07, 6.45) is 1.48. The lowest BCUT2D eigenvalue weighted by Gasteiger charge is -2.32. The van der Waals surface area contributed by atoms with Gasteiger partial charge in [-0.2, -0.15) is 0 Å². The average Bonchev–Trinajstić information content (AvgIpc) is 2.67. The summed E-state index contributed by atoms with van der Waals surface area (Å²) in [5.74, 6) is 0.740. The Hall–Kier alpha value is -2.51. The quantitative estimate of drug-likeness (QED) is 0.842. The summed E-state index contributed by atoms with van der Waals surface area (Å²) in [5.41, 5.74) is 2.39. The maximum atomic E-state index is 12.6. The van der Waals surface area contributed by atoms with E-state index in [-0.39, 0.29) is 12.5 Å². The van der Waals surface area contributed by atoms with Crippen molar-refractivity contribution in [3.63, 3.8) is 0 Å². The normalized spacial score (nSPS) is 15.2. The SMILES string of the molecule is CN1CCN(C(=O)c2ccc(-c3cc(NCCO)ncn3)cc2)CC1. The van der Waals surface area contributed by atoms with Gasteiger partial charge >= 0.3 is 0 Å². The minimum Gasteiger partial charge on any atom is -0.395 e. The van der Waals surface area contributed by atoms with Crippen LogP contribution in [0, 0.1) is 0 Å². The number of aliphatic hydroxyl groups excluding tert-OH is 1. The third-order valence-corrected chi connectivity index (χ3v) is 4.30. The topological polar surface area (TPSA) is 81.6 Å². The molecule has 132 valence electrons. The summed E-state index contributed by atoms with van der Waals surface area (Å²) in [4.78, 5) is 25.1. The molecule has 1 amide bonds. The molecule has 7 nitrogen and oxygen atoms in total. The Kier molecular flexibility index (Phi) is 5.57. The minimum absolute atomic E-state index is 0.0441. The van der Waals surface area contributed by atoms with Gasteiger partial charge in [0.2, 0.25) is 0 Å². The number of nitrogens with zero attached hydrogens (tertiary/aromatic N) is 4. The van der Waals surface area contributed by atoms with E-state index in [2.05, 4.69) is 27.2 Å². The second-order valence-electron chi connectivity index (χ2n) is 6.11. The largest absolute Gasteiger partial charge is 0.395 e. The van der Waals surface area contributed by atoms with E-state index in [9.17, 15) is 4.79 Å². The molecule has 0 unspecified atom stereocenters. The number of rotatable bonds is 5. The first-order valence-corrected chi connectivity index (χ1v) is 8.42. The Bertz CT molecular complexity index is 712. The fourth-order valence-electron chi connectivity index (χ4n) is 2.77. The van der Waals surface area contributed by atoms with Gasteiger partial charge in [-0.15, -0.1) is 0 Å². The Morgan fingerprint density at radius 1 is 1.16 bits per heavy atom. The molecule has 2 heterocycles. The second-order valence-corrected chi connectivity index (χ2v) is 6.11. The smallest absolute Gasteiger partial charge is 0.253 e. The fourth-order valence-corrected chi connectivity index (χ4v) is 2.77.